The number of carbonyl (C=O) groups is 2. The van der Waals surface area contributed by atoms with E-state index in [1.54, 1.807) is 6.20 Å². The van der Waals surface area contributed by atoms with Crippen molar-refractivity contribution in [2.75, 3.05) is 19.7 Å². The van der Waals surface area contributed by atoms with E-state index >= 15 is 0 Å². The third-order valence-electron chi connectivity index (χ3n) is 7.09. The summed E-state index contributed by atoms with van der Waals surface area (Å²) >= 11 is 7.11. The van der Waals surface area contributed by atoms with Crippen LogP contribution in [-0.2, 0) is 14.8 Å². The maximum atomic E-state index is 13.1. The van der Waals surface area contributed by atoms with E-state index in [0.717, 1.165) is 19.8 Å². The van der Waals surface area contributed by atoms with Crippen molar-refractivity contribution in [2.45, 2.75) is 50.5 Å². The second-order valence-electron chi connectivity index (χ2n) is 10.4. The van der Waals surface area contributed by atoms with Gasteiger partial charge in [-0.3, -0.25) is 9.78 Å². The fourth-order valence-corrected chi connectivity index (χ4v) is 7.48. The Morgan fingerprint density at radius 3 is 2.45 bits per heavy atom. The van der Waals surface area contributed by atoms with E-state index in [0.29, 0.717) is 38.0 Å². The molecule has 1 saturated heterocycles. The fraction of sp³-hybridized carbons (Fsp3) is 0.393. The van der Waals surface area contributed by atoms with Crippen molar-refractivity contribution in [1.29, 1.82) is 0 Å². The van der Waals surface area contributed by atoms with Gasteiger partial charge in [0.15, 0.2) is 5.75 Å². The molecule has 0 atom stereocenters. The summed E-state index contributed by atoms with van der Waals surface area (Å²) in [7, 11) is -3.74. The minimum Gasteiger partial charge on any atom is -0.490 e. The van der Waals surface area contributed by atoms with Crippen molar-refractivity contribution >= 4 is 64.7 Å². The lowest BCUT2D eigenvalue weighted by molar-refractivity contribution is -0.130. The van der Waals surface area contributed by atoms with E-state index in [1.807, 2.05) is 32.0 Å². The minimum atomic E-state index is -3.74. The van der Waals surface area contributed by atoms with Gasteiger partial charge in [0.05, 0.1) is 21.5 Å². The quantitative estimate of drug-likeness (QED) is 0.264. The van der Waals surface area contributed by atoms with Gasteiger partial charge in [-0.1, -0.05) is 35.8 Å². The zero-order valence-electron chi connectivity index (χ0n) is 22.2. The molecule has 1 aromatic heterocycles. The number of benzene rings is 2. The van der Waals surface area contributed by atoms with E-state index in [2.05, 4.69) is 42.2 Å². The zero-order valence-corrected chi connectivity index (χ0v) is 26.2. The van der Waals surface area contributed by atoms with Gasteiger partial charge in [-0.2, -0.15) is 4.31 Å². The summed E-state index contributed by atoms with van der Waals surface area (Å²) in [5.74, 6) is -0.518. The number of pyridine rings is 1. The number of aromatic carboxylic acids is 1. The number of nitrogens with zero attached hydrogens (tertiary/aromatic N) is 2. The van der Waals surface area contributed by atoms with Crippen molar-refractivity contribution in [3.8, 4) is 5.75 Å². The molecule has 214 valence electrons. The number of fused-ring (bicyclic) bond motifs is 1. The van der Waals surface area contributed by atoms with Crippen molar-refractivity contribution in [1.82, 2.24) is 14.6 Å². The Morgan fingerprint density at radius 1 is 1.12 bits per heavy atom. The van der Waals surface area contributed by atoms with Crippen molar-refractivity contribution in [3.63, 3.8) is 0 Å². The average molecular weight is 697 g/mol. The Balaban J connectivity index is 1.26. The van der Waals surface area contributed by atoms with Gasteiger partial charge in [0.25, 0.3) is 0 Å². The summed E-state index contributed by atoms with van der Waals surface area (Å²) in [5, 5.41) is 13.1. The van der Waals surface area contributed by atoms with Crippen LogP contribution in [0.15, 0.2) is 62.5 Å². The third-order valence-corrected chi connectivity index (χ3v) is 10.2. The Hall–Kier alpha value is -2.54. The van der Waals surface area contributed by atoms with Gasteiger partial charge in [-0.05, 0) is 78.0 Å². The molecule has 9 nitrogen and oxygen atoms in total. The van der Waals surface area contributed by atoms with Gasteiger partial charge in [0.1, 0.15) is 5.52 Å². The maximum absolute atomic E-state index is 13.1. The SMILES string of the molecule is CC(C)(CCCOc1c(Br)cc(Br)c2cccnc12)C(=O)NC1CCN(S(=O)(=O)c2ccc(C(=O)O)cc2)CC1. The van der Waals surface area contributed by atoms with E-state index in [9.17, 15) is 18.0 Å². The molecule has 2 heterocycles. The number of carboxylic acid groups (broad SMARTS) is 1. The van der Waals surface area contributed by atoms with Crippen molar-refractivity contribution < 1.29 is 27.9 Å². The molecule has 1 aliphatic rings. The van der Waals surface area contributed by atoms with Crippen LogP contribution in [0.5, 0.6) is 5.75 Å². The second kappa shape index (κ2) is 12.5. The molecule has 1 amide bonds. The van der Waals surface area contributed by atoms with Crippen LogP contribution in [0.4, 0.5) is 0 Å². The number of amides is 1. The summed E-state index contributed by atoms with van der Waals surface area (Å²) in [6.07, 6.45) is 3.98. The summed E-state index contributed by atoms with van der Waals surface area (Å²) in [6.45, 7) is 4.76. The van der Waals surface area contributed by atoms with Gasteiger partial charge >= 0.3 is 5.97 Å². The summed E-state index contributed by atoms with van der Waals surface area (Å²) in [5.41, 5.74) is 0.156. The predicted octanol–water partition coefficient (Wildman–Crippen LogP) is 5.61. The normalized spacial score (nSPS) is 15.2. The van der Waals surface area contributed by atoms with Crippen LogP contribution in [0.25, 0.3) is 10.9 Å². The first-order valence-corrected chi connectivity index (χ1v) is 15.9. The molecule has 0 saturated carbocycles. The van der Waals surface area contributed by atoms with E-state index in [4.69, 9.17) is 9.84 Å². The average Bonchev–Trinajstić information content (AvgIpc) is 2.93. The highest BCUT2D eigenvalue weighted by molar-refractivity contribution is 9.11. The van der Waals surface area contributed by atoms with Crippen LogP contribution in [0.2, 0.25) is 0 Å². The molecule has 1 fully saturated rings. The molecule has 4 rings (SSSR count). The summed E-state index contributed by atoms with van der Waals surface area (Å²) < 4.78 is 35.1. The highest BCUT2D eigenvalue weighted by Crippen LogP contribution is 2.37. The molecule has 0 unspecified atom stereocenters. The number of sulfonamides is 1. The third kappa shape index (κ3) is 6.84. The molecule has 0 bridgehead atoms. The number of hydrogen-bond acceptors (Lipinski definition) is 6. The predicted molar refractivity (Wildman–Crippen MR) is 159 cm³/mol. The van der Waals surface area contributed by atoms with Gasteiger partial charge in [-0.15, -0.1) is 0 Å². The van der Waals surface area contributed by atoms with Crippen LogP contribution in [0.3, 0.4) is 0 Å². The lowest BCUT2D eigenvalue weighted by Gasteiger charge is -2.33. The Kier molecular flexibility index (Phi) is 9.54. The number of carboxylic acids is 1. The lowest BCUT2D eigenvalue weighted by Crippen LogP contribution is -2.49. The smallest absolute Gasteiger partial charge is 0.335 e. The molecule has 0 radical (unpaired) electrons. The molecular formula is C28H31Br2N3O6S. The number of aromatic nitrogens is 1. The number of carbonyl (C=O) groups excluding carboxylic acids is 1. The zero-order chi connectivity index (χ0) is 29.1. The number of rotatable bonds is 10. The first kappa shape index (κ1) is 30.4. The van der Waals surface area contributed by atoms with E-state index in [-0.39, 0.29) is 35.5 Å². The molecule has 0 aliphatic carbocycles. The number of halogens is 2. The molecule has 40 heavy (non-hydrogen) atoms. The number of nitrogens with one attached hydrogen (secondary N) is 1. The number of piperidine rings is 1. The molecular weight excluding hydrogens is 666 g/mol. The van der Waals surface area contributed by atoms with Crippen LogP contribution in [0, 0.1) is 5.41 Å². The van der Waals surface area contributed by atoms with Gasteiger partial charge in [-0.25, -0.2) is 13.2 Å². The molecule has 12 heteroatoms. The second-order valence-corrected chi connectivity index (χ2v) is 14.0. The highest BCUT2D eigenvalue weighted by atomic mass is 79.9. The van der Waals surface area contributed by atoms with Gasteiger partial charge in [0.2, 0.25) is 15.9 Å². The lowest BCUT2D eigenvalue weighted by atomic mass is 9.86. The molecule has 0 spiro atoms. The topological polar surface area (TPSA) is 126 Å². The first-order chi connectivity index (χ1) is 18.9. The van der Waals surface area contributed by atoms with Crippen LogP contribution < -0.4 is 10.1 Å². The van der Waals surface area contributed by atoms with Crippen LogP contribution >= 0.6 is 31.9 Å². The molecule has 3 aromatic rings. The maximum Gasteiger partial charge on any atom is 0.335 e. The van der Waals surface area contributed by atoms with Crippen LogP contribution in [-0.4, -0.2) is 60.4 Å². The summed E-state index contributed by atoms with van der Waals surface area (Å²) in [6, 6.07) is 10.8. The molecule has 1 aliphatic heterocycles. The monoisotopic (exact) mass is 695 g/mol. The van der Waals surface area contributed by atoms with Crippen LogP contribution in [0.1, 0.15) is 49.9 Å². The van der Waals surface area contributed by atoms with Crippen molar-refractivity contribution in [3.05, 3.63) is 63.2 Å². The summed E-state index contributed by atoms with van der Waals surface area (Å²) in [4.78, 5) is 28.7. The first-order valence-electron chi connectivity index (χ1n) is 12.9. The Labute approximate surface area is 250 Å². The highest BCUT2D eigenvalue weighted by Gasteiger charge is 2.33. The van der Waals surface area contributed by atoms with Gasteiger partial charge < -0.3 is 15.2 Å². The van der Waals surface area contributed by atoms with E-state index < -0.39 is 21.4 Å². The van der Waals surface area contributed by atoms with Crippen molar-refractivity contribution in [2.24, 2.45) is 5.41 Å². The Morgan fingerprint density at radius 2 is 1.80 bits per heavy atom. The molecule has 2 aromatic carbocycles. The largest absolute Gasteiger partial charge is 0.490 e. The fourth-order valence-electron chi connectivity index (χ4n) is 4.63. The van der Waals surface area contributed by atoms with Gasteiger partial charge in [0, 0.05) is 40.6 Å². The Bertz CT molecular complexity index is 1500. The molecule has 2 N–H and O–H groups in total. The minimum absolute atomic E-state index is 0.0289. The number of hydrogen-bond donors (Lipinski definition) is 2. The standard InChI is InChI=1S/C28H31Br2N3O6S/c1-28(2,12-4-16-39-25-23(30)17-22(29)21-5-3-13-31-24(21)25)27(36)32-19-10-14-33(15-11-19)40(37,38)20-8-6-18(7-9-20)26(34)35/h3,5-9,13,17,19H,4,10-12,14-16H2,1-2H3,(H,32,36)(H,34,35). The van der Waals surface area contributed by atoms with E-state index in [1.165, 1.54) is 28.6 Å². The number of ether oxygens (including phenoxy) is 1.